The van der Waals surface area contributed by atoms with E-state index in [1.165, 1.54) is 12.8 Å². The van der Waals surface area contributed by atoms with Crippen molar-refractivity contribution in [2.75, 3.05) is 25.0 Å². The Morgan fingerprint density at radius 2 is 2.21 bits per heavy atom. The summed E-state index contributed by atoms with van der Waals surface area (Å²) in [7, 11) is 2.11. The molecular formula is C14H20BrN3O. The molecule has 0 bridgehead atoms. The van der Waals surface area contributed by atoms with E-state index in [9.17, 15) is 4.79 Å². The number of amides is 1. The molecule has 2 rings (SSSR count). The van der Waals surface area contributed by atoms with Crippen LogP contribution in [0.3, 0.4) is 0 Å². The second-order valence-electron chi connectivity index (χ2n) is 4.98. The van der Waals surface area contributed by atoms with Gasteiger partial charge < -0.3 is 16.0 Å². The van der Waals surface area contributed by atoms with Gasteiger partial charge in [0.05, 0.1) is 5.69 Å². The largest absolute Gasteiger partial charge is 0.371 e. The summed E-state index contributed by atoms with van der Waals surface area (Å²) in [6.45, 7) is 2.16. The predicted molar refractivity (Wildman–Crippen MR) is 81.6 cm³/mol. The third kappa shape index (κ3) is 3.48. The van der Waals surface area contributed by atoms with Crippen LogP contribution in [-0.4, -0.2) is 32.1 Å². The number of hydrogen-bond donors (Lipinski definition) is 2. The molecule has 0 saturated carbocycles. The summed E-state index contributed by atoms with van der Waals surface area (Å²) in [6.07, 6.45) is 3.53. The molecule has 0 aliphatic carbocycles. The molecule has 0 radical (unpaired) electrons. The Bertz CT molecular complexity index is 456. The van der Waals surface area contributed by atoms with Gasteiger partial charge >= 0.3 is 0 Å². The van der Waals surface area contributed by atoms with E-state index < -0.39 is 5.91 Å². The first-order valence-electron chi connectivity index (χ1n) is 6.62. The molecule has 1 atom stereocenters. The minimum absolute atomic E-state index is 0.395. The van der Waals surface area contributed by atoms with E-state index in [1.54, 1.807) is 12.1 Å². The van der Waals surface area contributed by atoms with Gasteiger partial charge in [-0.1, -0.05) is 0 Å². The lowest BCUT2D eigenvalue weighted by molar-refractivity contribution is 0.100. The van der Waals surface area contributed by atoms with Crippen molar-refractivity contribution in [2.45, 2.75) is 25.3 Å². The van der Waals surface area contributed by atoms with Gasteiger partial charge in [0.15, 0.2) is 0 Å². The first-order chi connectivity index (χ1) is 9.09. The number of halogens is 1. The number of rotatable bonds is 3. The molecule has 1 aliphatic rings. The minimum atomic E-state index is -0.395. The monoisotopic (exact) mass is 325 g/mol. The quantitative estimate of drug-likeness (QED) is 0.895. The third-order valence-corrected chi connectivity index (χ3v) is 4.34. The van der Waals surface area contributed by atoms with E-state index in [1.807, 2.05) is 6.07 Å². The van der Waals surface area contributed by atoms with Crippen molar-refractivity contribution in [1.29, 1.82) is 0 Å². The summed E-state index contributed by atoms with van der Waals surface area (Å²) >= 11 is 3.54. The Labute approximate surface area is 122 Å². The number of carbonyl (C=O) groups is 1. The topological polar surface area (TPSA) is 58.4 Å². The first-order valence-corrected chi connectivity index (χ1v) is 7.42. The zero-order chi connectivity index (χ0) is 13.8. The molecule has 3 N–H and O–H groups in total. The Morgan fingerprint density at radius 1 is 1.42 bits per heavy atom. The molecule has 1 aliphatic heterocycles. The van der Waals surface area contributed by atoms with Gasteiger partial charge in [-0.2, -0.15) is 0 Å². The molecule has 104 valence electrons. The van der Waals surface area contributed by atoms with Crippen LogP contribution in [0.1, 0.15) is 29.6 Å². The molecule has 1 amide bonds. The van der Waals surface area contributed by atoms with Crippen molar-refractivity contribution in [3.63, 3.8) is 0 Å². The smallest absolute Gasteiger partial charge is 0.248 e. The lowest BCUT2D eigenvalue weighted by Gasteiger charge is -2.30. The van der Waals surface area contributed by atoms with E-state index in [2.05, 4.69) is 33.2 Å². The Hall–Kier alpha value is -1.07. The lowest BCUT2D eigenvalue weighted by atomic mass is 10.1. The van der Waals surface area contributed by atoms with Crippen LogP contribution in [0.5, 0.6) is 0 Å². The van der Waals surface area contributed by atoms with Crippen LogP contribution < -0.4 is 16.0 Å². The molecule has 1 fully saturated rings. The zero-order valence-corrected chi connectivity index (χ0v) is 12.7. The summed E-state index contributed by atoms with van der Waals surface area (Å²) in [5, 5.41) is 3.42. The standard InChI is InChI=1S/C14H20BrN3O/c1-18(11-3-2-7-17-8-6-11)13-5-4-10(14(16)19)9-12(13)15/h4-5,9,11,17H,2-3,6-8H2,1H3,(H2,16,19). The van der Waals surface area contributed by atoms with Gasteiger partial charge in [0.25, 0.3) is 0 Å². The van der Waals surface area contributed by atoms with Crippen LogP contribution in [0.2, 0.25) is 0 Å². The maximum absolute atomic E-state index is 11.2. The van der Waals surface area contributed by atoms with Crippen LogP contribution in [0.25, 0.3) is 0 Å². The molecule has 1 aromatic rings. The fraction of sp³-hybridized carbons (Fsp3) is 0.500. The van der Waals surface area contributed by atoms with Gasteiger partial charge in [0.1, 0.15) is 0 Å². The average molecular weight is 326 g/mol. The Balaban J connectivity index is 2.18. The second-order valence-corrected chi connectivity index (χ2v) is 5.83. The highest BCUT2D eigenvalue weighted by atomic mass is 79.9. The Morgan fingerprint density at radius 3 is 2.89 bits per heavy atom. The van der Waals surface area contributed by atoms with E-state index in [-0.39, 0.29) is 0 Å². The molecule has 5 heteroatoms. The number of anilines is 1. The highest BCUT2D eigenvalue weighted by Gasteiger charge is 2.19. The van der Waals surface area contributed by atoms with E-state index >= 15 is 0 Å². The zero-order valence-electron chi connectivity index (χ0n) is 11.2. The molecule has 1 unspecified atom stereocenters. The van der Waals surface area contributed by atoms with Crippen molar-refractivity contribution in [1.82, 2.24) is 5.32 Å². The van der Waals surface area contributed by atoms with E-state index in [0.717, 1.165) is 29.7 Å². The van der Waals surface area contributed by atoms with Crippen LogP contribution >= 0.6 is 15.9 Å². The van der Waals surface area contributed by atoms with Gasteiger partial charge in [-0.15, -0.1) is 0 Å². The maximum Gasteiger partial charge on any atom is 0.248 e. The Kier molecular flexibility index (Phi) is 4.82. The second kappa shape index (κ2) is 6.39. The number of nitrogens with one attached hydrogen (secondary N) is 1. The summed E-state index contributed by atoms with van der Waals surface area (Å²) in [4.78, 5) is 13.5. The summed E-state index contributed by atoms with van der Waals surface area (Å²) in [5.74, 6) is -0.395. The molecule has 0 aromatic heterocycles. The van der Waals surface area contributed by atoms with E-state index in [0.29, 0.717) is 11.6 Å². The van der Waals surface area contributed by atoms with Crippen LogP contribution in [0.4, 0.5) is 5.69 Å². The highest BCUT2D eigenvalue weighted by molar-refractivity contribution is 9.10. The fourth-order valence-electron chi connectivity index (χ4n) is 2.53. The molecule has 1 heterocycles. The number of nitrogens with two attached hydrogens (primary N) is 1. The van der Waals surface area contributed by atoms with Crippen LogP contribution in [0.15, 0.2) is 22.7 Å². The number of nitrogens with zero attached hydrogens (tertiary/aromatic N) is 1. The predicted octanol–water partition coefficient (Wildman–Crippen LogP) is 2.13. The number of carbonyl (C=O) groups excluding carboxylic acids is 1. The number of primary amides is 1. The van der Waals surface area contributed by atoms with E-state index in [4.69, 9.17) is 5.73 Å². The molecule has 0 spiro atoms. The van der Waals surface area contributed by atoms with Gasteiger partial charge in [0.2, 0.25) is 5.91 Å². The van der Waals surface area contributed by atoms with Gasteiger partial charge in [-0.3, -0.25) is 4.79 Å². The lowest BCUT2D eigenvalue weighted by Crippen LogP contribution is -2.32. The summed E-state index contributed by atoms with van der Waals surface area (Å²) in [5.41, 5.74) is 6.93. The van der Waals surface area contributed by atoms with Gasteiger partial charge in [0, 0.05) is 23.1 Å². The van der Waals surface area contributed by atoms with Crippen molar-refractivity contribution in [3.8, 4) is 0 Å². The van der Waals surface area contributed by atoms with Gasteiger partial charge in [-0.25, -0.2) is 0 Å². The number of benzene rings is 1. The average Bonchev–Trinajstić information content (AvgIpc) is 2.66. The SMILES string of the molecule is CN(c1ccc(C(N)=O)cc1Br)C1CCCNCC1. The molecule has 1 saturated heterocycles. The third-order valence-electron chi connectivity index (χ3n) is 3.71. The molecule has 19 heavy (non-hydrogen) atoms. The van der Waals surface area contributed by atoms with Crippen molar-refractivity contribution >= 4 is 27.5 Å². The normalized spacial score (nSPS) is 19.8. The first kappa shape index (κ1) is 14.3. The fourth-order valence-corrected chi connectivity index (χ4v) is 3.19. The van der Waals surface area contributed by atoms with Gasteiger partial charge in [-0.05, 0) is 66.5 Å². The minimum Gasteiger partial charge on any atom is -0.371 e. The van der Waals surface area contributed by atoms with Crippen LogP contribution in [-0.2, 0) is 0 Å². The molecule has 4 nitrogen and oxygen atoms in total. The highest BCUT2D eigenvalue weighted by Crippen LogP contribution is 2.29. The van der Waals surface area contributed by atoms with Crippen LogP contribution in [0, 0.1) is 0 Å². The molecule has 1 aromatic carbocycles. The molecular weight excluding hydrogens is 306 g/mol. The summed E-state index contributed by atoms with van der Waals surface area (Å²) in [6, 6.07) is 6.07. The summed E-state index contributed by atoms with van der Waals surface area (Å²) < 4.78 is 0.920. The van der Waals surface area contributed by atoms with Crippen molar-refractivity contribution in [3.05, 3.63) is 28.2 Å². The van der Waals surface area contributed by atoms with Crippen molar-refractivity contribution in [2.24, 2.45) is 5.73 Å². The maximum atomic E-state index is 11.2. The number of hydrogen-bond acceptors (Lipinski definition) is 3. The van der Waals surface area contributed by atoms with Crippen molar-refractivity contribution < 1.29 is 4.79 Å².